The normalized spacial score (nSPS) is 10.5. The maximum absolute atomic E-state index is 11.2. The molecular formula is C18H26O6. The molecule has 0 aromatic heterocycles. The minimum Gasteiger partial charge on any atom is -0.463 e. The highest BCUT2D eigenvalue weighted by molar-refractivity contribution is 5.80. The second-order valence-electron chi connectivity index (χ2n) is 5.19. The van der Waals surface area contributed by atoms with Crippen molar-refractivity contribution < 1.29 is 28.5 Å². The van der Waals surface area contributed by atoms with Gasteiger partial charge in [0.2, 0.25) is 0 Å². The van der Waals surface area contributed by atoms with Gasteiger partial charge in [-0.15, -0.1) is 0 Å². The summed E-state index contributed by atoms with van der Waals surface area (Å²) < 4.78 is 21.0. The van der Waals surface area contributed by atoms with Crippen LogP contribution in [-0.4, -0.2) is 51.4 Å². The molecule has 0 saturated heterocycles. The molecule has 24 heavy (non-hydrogen) atoms. The Kier molecular flexibility index (Phi) is 11.5. The van der Waals surface area contributed by atoms with Crippen LogP contribution in [0.15, 0.2) is 30.3 Å². The van der Waals surface area contributed by atoms with Crippen LogP contribution < -0.4 is 0 Å². The second kappa shape index (κ2) is 13.7. The van der Waals surface area contributed by atoms with Crippen LogP contribution in [-0.2, 0) is 35.1 Å². The fraction of sp³-hybridized carbons (Fsp3) is 0.556. The summed E-state index contributed by atoms with van der Waals surface area (Å²) in [7, 11) is 0. The standard InChI is InChI=1S/C18H26O6/c1-16(19)7-8-18(20)24-14-13-22-10-9-21-11-12-23-15-17-5-3-2-4-6-17/h2-6H,7-15H2,1H3. The summed E-state index contributed by atoms with van der Waals surface area (Å²) in [5.41, 5.74) is 1.14. The number of hydrogen-bond donors (Lipinski definition) is 0. The number of hydrogen-bond acceptors (Lipinski definition) is 6. The molecule has 0 aliphatic carbocycles. The van der Waals surface area contributed by atoms with Crippen molar-refractivity contribution in [2.45, 2.75) is 26.4 Å². The van der Waals surface area contributed by atoms with E-state index < -0.39 is 0 Å². The third kappa shape index (κ3) is 11.8. The summed E-state index contributed by atoms with van der Waals surface area (Å²) in [5.74, 6) is -0.395. The topological polar surface area (TPSA) is 71.1 Å². The third-order valence-corrected chi connectivity index (χ3v) is 3.03. The number of carbonyl (C=O) groups excluding carboxylic acids is 2. The number of ketones is 1. The molecule has 0 atom stereocenters. The molecule has 0 amide bonds. The smallest absolute Gasteiger partial charge is 0.306 e. The Bertz CT molecular complexity index is 460. The largest absolute Gasteiger partial charge is 0.463 e. The minimum absolute atomic E-state index is 0.0203. The lowest BCUT2D eigenvalue weighted by Gasteiger charge is -2.07. The second-order valence-corrected chi connectivity index (χ2v) is 5.19. The Labute approximate surface area is 143 Å². The van der Waals surface area contributed by atoms with E-state index in [-0.39, 0.29) is 31.2 Å². The summed E-state index contributed by atoms with van der Waals surface area (Å²) in [6, 6.07) is 9.96. The van der Waals surface area contributed by atoms with Crippen LogP contribution in [0.1, 0.15) is 25.3 Å². The first-order valence-electron chi connectivity index (χ1n) is 8.10. The lowest BCUT2D eigenvalue weighted by molar-refractivity contribution is -0.146. The summed E-state index contributed by atoms with van der Waals surface area (Å²) in [4.78, 5) is 21.9. The first-order valence-corrected chi connectivity index (χ1v) is 8.10. The van der Waals surface area contributed by atoms with Crippen LogP contribution in [0.25, 0.3) is 0 Å². The molecule has 134 valence electrons. The molecule has 0 bridgehead atoms. The van der Waals surface area contributed by atoms with E-state index in [2.05, 4.69) is 0 Å². The van der Waals surface area contributed by atoms with Crippen LogP contribution >= 0.6 is 0 Å². The Hall–Kier alpha value is -1.76. The van der Waals surface area contributed by atoms with Crippen LogP contribution in [0.3, 0.4) is 0 Å². The highest BCUT2D eigenvalue weighted by atomic mass is 16.6. The van der Waals surface area contributed by atoms with Gasteiger partial charge in [-0.05, 0) is 12.5 Å². The SMILES string of the molecule is CC(=O)CCC(=O)OCCOCCOCCOCc1ccccc1. The Balaban J connectivity index is 1.80. The van der Waals surface area contributed by atoms with Crippen molar-refractivity contribution in [2.24, 2.45) is 0 Å². The maximum Gasteiger partial charge on any atom is 0.306 e. The lowest BCUT2D eigenvalue weighted by atomic mass is 10.2. The van der Waals surface area contributed by atoms with Crippen molar-refractivity contribution in [1.29, 1.82) is 0 Å². The van der Waals surface area contributed by atoms with Crippen molar-refractivity contribution in [2.75, 3.05) is 39.6 Å². The van der Waals surface area contributed by atoms with Gasteiger partial charge in [0, 0.05) is 6.42 Å². The molecule has 0 N–H and O–H groups in total. The van der Waals surface area contributed by atoms with Crippen molar-refractivity contribution in [1.82, 2.24) is 0 Å². The van der Waals surface area contributed by atoms with E-state index in [0.717, 1.165) is 5.56 Å². The van der Waals surface area contributed by atoms with E-state index in [1.807, 2.05) is 30.3 Å². The number of rotatable bonds is 14. The summed E-state index contributed by atoms with van der Waals surface area (Å²) >= 11 is 0. The van der Waals surface area contributed by atoms with Crippen LogP contribution in [0.4, 0.5) is 0 Å². The van der Waals surface area contributed by atoms with Gasteiger partial charge in [-0.3, -0.25) is 4.79 Å². The third-order valence-electron chi connectivity index (χ3n) is 3.03. The fourth-order valence-corrected chi connectivity index (χ4v) is 1.77. The highest BCUT2D eigenvalue weighted by Crippen LogP contribution is 2.00. The zero-order valence-corrected chi connectivity index (χ0v) is 14.2. The average Bonchev–Trinajstić information content (AvgIpc) is 2.58. The minimum atomic E-state index is -0.374. The molecule has 1 rings (SSSR count). The van der Waals surface area contributed by atoms with Gasteiger partial charge >= 0.3 is 5.97 Å². The molecule has 0 radical (unpaired) electrons. The average molecular weight is 338 g/mol. The van der Waals surface area contributed by atoms with E-state index in [1.54, 1.807) is 0 Å². The molecule has 0 saturated carbocycles. The van der Waals surface area contributed by atoms with Crippen molar-refractivity contribution in [3.63, 3.8) is 0 Å². The van der Waals surface area contributed by atoms with E-state index in [1.165, 1.54) is 6.92 Å². The van der Waals surface area contributed by atoms with Crippen molar-refractivity contribution in [3.05, 3.63) is 35.9 Å². The number of esters is 1. The molecule has 0 unspecified atom stereocenters. The van der Waals surface area contributed by atoms with Gasteiger partial charge in [-0.1, -0.05) is 30.3 Å². The Morgan fingerprint density at radius 3 is 2.00 bits per heavy atom. The van der Waals surface area contributed by atoms with E-state index in [4.69, 9.17) is 18.9 Å². The van der Waals surface area contributed by atoms with Gasteiger partial charge < -0.3 is 23.7 Å². The van der Waals surface area contributed by atoms with Crippen LogP contribution in [0, 0.1) is 0 Å². The number of carbonyl (C=O) groups is 2. The monoisotopic (exact) mass is 338 g/mol. The quantitative estimate of drug-likeness (QED) is 0.382. The molecular weight excluding hydrogens is 312 g/mol. The number of Topliss-reactive ketones (excluding diaryl/α,β-unsaturated/α-hetero) is 1. The predicted octanol–water partition coefficient (Wildman–Crippen LogP) is 2.15. The van der Waals surface area contributed by atoms with Gasteiger partial charge in [0.25, 0.3) is 0 Å². The molecule has 0 aliphatic heterocycles. The zero-order valence-electron chi connectivity index (χ0n) is 14.2. The molecule has 1 aromatic carbocycles. The molecule has 1 aromatic rings. The van der Waals surface area contributed by atoms with E-state index in [0.29, 0.717) is 39.6 Å². The first-order chi connectivity index (χ1) is 11.7. The maximum atomic E-state index is 11.2. The molecule has 0 spiro atoms. The van der Waals surface area contributed by atoms with Crippen LogP contribution in [0.2, 0.25) is 0 Å². The summed E-state index contributed by atoms with van der Waals surface area (Å²) in [6.45, 7) is 4.48. The van der Waals surface area contributed by atoms with Crippen molar-refractivity contribution in [3.8, 4) is 0 Å². The van der Waals surface area contributed by atoms with Crippen LogP contribution in [0.5, 0.6) is 0 Å². The molecule has 0 fully saturated rings. The van der Waals surface area contributed by atoms with E-state index in [9.17, 15) is 9.59 Å². The predicted molar refractivity (Wildman–Crippen MR) is 88.6 cm³/mol. The van der Waals surface area contributed by atoms with Gasteiger partial charge in [0.05, 0.1) is 46.1 Å². The molecule has 6 heteroatoms. The fourth-order valence-electron chi connectivity index (χ4n) is 1.77. The van der Waals surface area contributed by atoms with Gasteiger partial charge in [0.1, 0.15) is 12.4 Å². The van der Waals surface area contributed by atoms with Gasteiger partial charge in [-0.25, -0.2) is 0 Å². The summed E-state index contributed by atoms with van der Waals surface area (Å²) in [6.07, 6.45) is 0.349. The molecule has 0 heterocycles. The zero-order chi connectivity index (χ0) is 17.5. The van der Waals surface area contributed by atoms with Gasteiger partial charge in [-0.2, -0.15) is 0 Å². The van der Waals surface area contributed by atoms with Crippen molar-refractivity contribution >= 4 is 11.8 Å². The first kappa shape index (κ1) is 20.3. The van der Waals surface area contributed by atoms with Gasteiger partial charge in [0.15, 0.2) is 0 Å². The Morgan fingerprint density at radius 2 is 1.38 bits per heavy atom. The lowest BCUT2D eigenvalue weighted by Crippen LogP contribution is -2.14. The number of benzene rings is 1. The number of ether oxygens (including phenoxy) is 4. The Morgan fingerprint density at radius 1 is 0.792 bits per heavy atom. The molecule has 6 nitrogen and oxygen atoms in total. The summed E-state index contributed by atoms with van der Waals surface area (Å²) in [5, 5.41) is 0. The van der Waals surface area contributed by atoms with E-state index >= 15 is 0 Å². The molecule has 0 aliphatic rings. The highest BCUT2D eigenvalue weighted by Gasteiger charge is 2.04.